The topological polar surface area (TPSA) is 84.9 Å². The van der Waals surface area contributed by atoms with Crippen LogP contribution in [0.1, 0.15) is 41.0 Å². The first-order chi connectivity index (χ1) is 11.7. The number of amides is 3. The Labute approximate surface area is 149 Å². The molecule has 1 fully saturated rings. The quantitative estimate of drug-likeness (QED) is 0.562. The van der Waals surface area contributed by atoms with Gasteiger partial charge in [-0.1, -0.05) is 26.8 Å². The van der Waals surface area contributed by atoms with Crippen molar-refractivity contribution >= 4 is 17.9 Å². The number of hydrogen-bond acceptors (Lipinski definition) is 5. The highest BCUT2D eigenvalue weighted by atomic mass is 16.6. The molecule has 25 heavy (non-hydrogen) atoms. The molecule has 0 saturated carbocycles. The van der Waals surface area contributed by atoms with Crippen molar-refractivity contribution in [1.29, 1.82) is 0 Å². The van der Waals surface area contributed by atoms with E-state index in [2.05, 4.69) is 5.32 Å². The van der Waals surface area contributed by atoms with E-state index in [-0.39, 0.29) is 30.2 Å². The maximum atomic E-state index is 12.6. The Bertz CT molecular complexity index is 580. The number of imide groups is 1. The maximum Gasteiger partial charge on any atom is 0.417 e. The minimum absolute atomic E-state index is 0.101. The van der Waals surface area contributed by atoms with Crippen LogP contribution in [0.25, 0.3) is 0 Å². The summed E-state index contributed by atoms with van der Waals surface area (Å²) >= 11 is 0. The van der Waals surface area contributed by atoms with Crippen molar-refractivity contribution in [2.24, 2.45) is 5.92 Å². The molecular formula is C18H28N2O5. The lowest BCUT2D eigenvalue weighted by Crippen LogP contribution is -2.42. The van der Waals surface area contributed by atoms with Gasteiger partial charge in [-0.25, -0.2) is 9.69 Å². The molecule has 0 aromatic heterocycles. The second kappa shape index (κ2) is 9.25. The largest absolute Gasteiger partial charge is 0.491 e. The van der Waals surface area contributed by atoms with E-state index in [0.717, 1.165) is 4.90 Å². The van der Waals surface area contributed by atoms with E-state index in [1.54, 1.807) is 26.0 Å². The molecule has 1 N–H and O–H groups in total. The summed E-state index contributed by atoms with van der Waals surface area (Å²) < 4.78 is 10.0. The number of ether oxygens (including phenoxy) is 2. The maximum absolute atomic E-state index is 12.6. The van der Waals surface area contributed by atoms with Crippen molar-refractivity contribution in [2.45, 2.75) is 53.1 Å². The second-order valence-corrected chi connectivity index (χ2v) is 6.36. The first kappa shape index (κ1) is 20.7. The van der Waals surface area contributed by atoms with Crippen LogP contribution in [0, 0.1) is 5.92 Å². The summed E-state index contributed by atoms with van der Waals surface area (Å²) in [5.41, 5.74) is 0.371. The predicted octanol–water partition coefficient (Wildman–Crippen LogP) is 2.38. The Morgan fingerprint density at radius 3 is 2.56 bits per heavy atom. The van der Waals surface area contributed by atoms with E-state index in [0.29, 0.717) is 12.0 Å². The molecule has 1 aliphatic rings. The van der Waals surface area contributed by atoms with Gasteiger partial charge in [0, 0.05) is 11.6 Å². The van der Waals surface area contributed by atoms with Crippen LogP contribution in [0.2, 0.25) is 0 Å². The van der Waals surface area contributed by atoms with E-state index < -0.39 is 18.0 Å². The average Bonchev–Trinajstić information content (AvgIpc) is 2.93. The van der Waals surface area contributed by atoms with Gasteiger partial charge in [0.05, 0.1) is 13.2 Å². The zero-order valence-electron chi connectivity index (χ0n) is 15.8. The SMILES string of the molecule is CC/C=C(\OC)C(=O)N[C@@H](C)/C=C(\C)C(=O)N1C(=O)OC[C@@H]1C(C)C. The fourth-order valence-corrected chi connectivity index (χ4v) is 2.57. The predicted molar refractivity (Wildman–Crippen MR) is 93.6 cm³/mol. The van der Waals surface area contributed by atoms with Crippen LogP contribution in [0.3, 0.4) is 0 Å². The number of nitrogens with one attached hydrogen (secondary N) is 1. The van der Waals surface area contributed by atoms with Gasteiger partial charge in [0.25, 0.3) is 11.8 Å². The summed E-state index contributed by atoms with van der Waals surface area (Å²) in [6, 6.07) is -0.677. The van der Waals surface area contributed by atoms with Crippen LogP contribution >= 0.6 is 0 Å². The van der Waals surface area contributed by atoms with Crippen LogP contribution in [0.4, 0.5) is 4.79 Å². The van der Waals surface area contributed by atoms with E-state index in [1.807, 2.05) is 20.8 Å². The zero-order chi connectivity index (χ0) is 19.1. The number of cyclic esters (lactones) is 1. The second-order valence-electron chi connectivity index (χ2n) is 6.36. The molecule has 3 amide bonds. The van der Waals surface area contributed by atoms with E-state index in [1.165, 1.54) is 7.11 Å². The highest BCUT2D eigenvalue weighted by molar-refractivity contribution is 6.03. The third kappa shape index (κ3) is 5.34. The van der Waals surface area contributed by atoms with Crippen molar-refractivity contribution < 1.29 is 23.9 Å². The molecule has 0 aliphatic carbocycles. The molecule has 1 saturated heterocycles. The molecule has 1 aliphatic heterocycles. The summed E-state index contributed by atoms with van der Waals surface area (Å²) in [6.07, 6.45) is 3.34. The Morgan fingerprint density at radius 2 is 2.04 bits per heavy atom. The van der Waals surface area contributed by atoms with Gasteiger partial charge in [0.2, 0.25) is 0 Å². The van der Waals surface area contributed by atoms with Crippen molar-refractivity contribution in [2.75, 3.05) is 13.7 Å². The minimum atomic E-state index is -0.624. The first-order valence-electron chi connectivity index (χ1n) is 8.46. The van der Waals surface area contributed by atoms with Crippen molar-refractivity contribution in [3.05, 3.63) is 23.5 Å². The van der Waals surface area contributed by atoms with Crippen molar-refractivity contribution in [3.8, 4) is 0 Å². The van der Waals surface area contributed by atoms with Crippen LogP contribution in [-0.4, -0.2) is 48.6 Å². The summed E-state index contributed by atoms with van der Waals surface area (Å²) in [7, 11) is 1.43. The molecule has 7 heteroatoms. The van der Waals surface area contributed by atoms with E-state index in [4.69, 9.17) is 9.47 Å². The lowest BCUT2D eigenvalue weighted by atomic mass is 10.0. The van der Waals surface area contributed by atoms with E-state index >= 15 is 0 Å². The molecule has 0 bridgehead atoms. The van der Waals surface area contributed by atoms with Gasteiger partial charge in [-0.05, 0) is 32.3 Å². The fourth-order valence-electron chi connectivity index (χ4n) is 2.57. The molecular weight excluding hydrogens is 324 g/mol. The molecule has 1 rings (SSSR count). The smallest absolute Gasteiger partial charge is 0.417 e. The highest BCUT2D eigenvalue weighted by Crippen LogP contribution is 2.21. The Balaban J connectivity index is 2.82. The normalized spacial score (nSPS) is 19.7. The van der Waals surface area contributed by atoms with Gasteiger partial charge in [0.15, 0.2) is 5.76 Å². The van der Waals surface area contributed by atoms with E-state index in [9.17, 15) is 14.4 Å². The number of hydrogen-bond donors (Lipinski definition) is 1. The van der Waals surface area contributed by atoms with Gasteiger partial charge >= 0.3 is 6.09 Å². The van der Waals surface area contributed by atoms with Gasteiger partial charge in [-0.3, -0.25) is 9.59 Å². The molecule has 1 heterocycles. The van der Waals surface area contributed by atoms with Gasteiger partial charge in [0.1, 0.15) is 6.61 Å². The Hall–Kier alpha value is -2.31. The number of methoxy groups -OCH3 is 1. The van der Waals surface area contributed by atoms with Crippen LogP contribution in [-0.2, 0) is 19.1 Å². The number of rotatable bonds is 7. The zero-order valence-corrected chi connectivity index (χ0v) is 15.8. The van der Waals surface area contributed by atoms with Crippen molar-refractivity contribution in [3.63, 3.8) is 0 Å². The number of carbonyl (C=O) groups excluding carboxylic acids is 3. The molecule has 0 spiro atoms. The molecule has 0 aromatic rings. The molecule has 0 aromatic carbocycles. The summed E-state index contributed by atoms with van der Waals surface area (Å²) in [4.78, 5) is 37.7. The molecule has 2 atom stereocenters. The fraction of sp³-hybridized carbons (Fsp3) is 0.611. The van der Waals surface area contributed by atoms with Gasteiger partial charge < -0.3 is 14.8 Å². The molecule has 0 radical (unpaired) electrons. The summed E-state index contributed by atoms with van der Waals surface area (Å²) in [6.45, 7) is 9.34. The average molecular weight is 352 g/mol. The summed E-state index contributed by atoms with van der Waals surface area (Å²) in [5, 5.41) is 2.74. The first-order valence-corrected chi connectivity index (χ1v) is 8.46. The van der Waals surface area contributed by atoms with Crippen LogP contribution in [0.5, 0.6) is 0 Å². The standard InChI is InChI=1S/C18H28N2O5/c1-7-8-15(24-6)16(21)19-13(5)9-12(4)17(22)20-14(11(2)3)10-25-18(20)23/h8-9,11,13-14H,7,10H2,1-6H3,(H,19,21)/b12-9+,15-8-/t13-,14+/m0/s1. The molecule has 140 valence electrons. The highest BCUT2D eigenvalue weighted by Gasteiger charge is 2.39. The monoisotopic (exact) mass is 352 g/mol. The third-order valence-electron chi connectivity index (χ3n) is 3.92. The number of nitrogens with zero attached hydrogens (tertiary/aromatic N) is 1. The molecule has 0 unspecified atom stereocenters. The Kier molecular flexibility index (Phi) is 7.67. The minimum Gasteiger partial charge on any atom is -0.491 e. The van der Waals surface area contributed by atoms with Gasteiger partial charge in [-0.2, -0.15) is 0 Å². The van der Waals surface area contributed by atoms with Crippen LogP contribution < -0.4 is 5.32 Å². The lowest BCUT2D eigenvalue weighted by molar-refractivity contribution is -0.126. The van der Waals surface area contributed by atoms with Crippen LogP contribution in [0.15, 0.2) is 23.5 Å². The lowest BCUT2D eigenvalue weighted by Gasteiger charge is -2.23. The molecule has 7 nitrogen and oxygen atoms in total. The number of carbonyl (C=O) groups is 3. The summed E-state index contributed by atoms with van der Waals surface area (Å²) in [5.74, 6) is -0.425. The Morgan fingerprint density at radius 1 is 1.40 bits per heavy atom. The van der Waals surface area contributed by atoms with Gasteiger partial charge in [-0.15, -0.1) is 0 Å². The third-order valence-corrected chi connectivity index (χ3v) is 3.92. The van der Waals surface area contributed by atoms with Crippen molar-refractivity contribution in [1.82, 2.24) is 10.2 Å². The number of allylic oxidation sites excluding steroid dienone is 1.